The van der Waals surface area contributed by atoms with Crippen LogP contribution in [0.25, 0.3) is 11.8 Å². The molecule has 4 rings (SSSR count). The molecule has 0 aliphatic rings. The molecule has 0 atom stereocenters. The van der Waals surface area contributed by atoms with Gasteiger partial charge in [-0.2, -0.15) is 18.4 Å². The Morgan fingerprint density at radius 2 is 1.74 bits per heavy atom. The lowest BCUT2D eigenvalue weighted by atomic mass is 10.1. The topological polar surface area (TPSA) is 67.0 Å². The number of hydrogen-bond acceptors (Lipinski definition) is 3. The molecular formula is C30H23BrF3N3O2. The summed E-state index contributed by atoms with van der Waals surface area (Å²) >= 11 is 3.41. The van der Waals surface area contributed by atoms with E-state index in [-0.39, 0.29) is 11.3 Å². The molecule has 0 saturated heterocycles. The number of rotatable bonds is 7. The Kier molecular flexibility index (Phi) is 8.27. The molecule has 0 aliphatic carbocycles. The molecule has 1 N–H and O–H groups in total. The van der Waals surface area contributed by atoms with Crippen LogP contribution in [-0.4, -0.2) is 10.5 Å². The lowest BCUT2D eigenvalue weighted by Gasteiger charge is -2.12. The maximum absolute atomic E-state index is 13.0. The SMILES string of the molecule is Cc1cc(/C=C(/C#N)C(=O)Nc2cccc(C(F)(F)F)c2)c(C)n1-c1ccc(OCc2ccc(Br)cc2)cc1. The smallest absolute Gasteiger partial charge is 0.416 e. The molecule has 0 aliphatic heterocycles. The number of ether oxygens (including phenoxy) is 1. The van der Waals surface area contributed by atoms with Crippen molar-refractivity contribution in [2.24, 2.45) is 0 Å². The molecule has 1 heterocycles. The van der Waals surface area contributed by atoms with Gasteiger partial charge in [0, 0.05) is 27.2 Å². The van der Waals surface area contributed by atoms with Crippen molar-refractivity contribution < 1.29 is 22.7 Å². The van der Waals surface area contributed by atoms with Crippen LogP contribution in [-0.2, 0) is 17.6 Å². The minimum absolute atomic E-state index is 0.0520. The summed E-state index contributed by atoms with van der Waals surface area (Å²) in [5.74, 6) is -0.0869. The Morgan fingerprint density at radius 1 is 1.05 bits per heavy atom. The molecule has 3 aromatic carbocycles. The molecule has 0 bridgehead atoms. The highest BCUT2D eigenvalue weighted by Gasteiger charge is 2.30. The fraction of sp³-hybridized carbons (Fsp3) is 0.133. The maximum atomic E-state index is 13.0. The highest BCUT2D eigenvalue weighted by Crippen LogP contribution is 2.31. The van der Waals surface area contributed by atoms with Gasteiger partial charge in [-0.1, -0.05) is 34.1 Å². The molecular weight excluding hydrogens is 571 g/mol. The predicted octanol–water partition coefficient (Wildman–Crippen LogP) is 8.00. The number of amides is 1. The standard InChI is InChI=1S/C30H23BrF3N3O2/c1-19-14-22(15-23(17-35)29(38)36-26-5-3-4-24(16-26)30(32,33)34)20(2)37(19)27-10-12-28(13-11-27)39-18-21-6-8-25(31)9-7-21/h3-16H,18H2,1-2H3,(H,36,38)/b23-15-. The van der Waals surface area contributed by atoms with Crippen molar-refractivity contribution in [3.63, 3.8) is 0 Å². The summed E-state index contributed by atoms with van der Waals surface area (Å²) in [7, 11) is 0. The molecule has 0 unspecified atom stereocenters. The van der Waals surface area contributed by atoms with Gasteiger partial charge in [0.2, 0.25) is 0 Å². The Morgan fingerprint density at radius 3 is 2.38 bits per heavy atom. The molecule has 0 fully saturated rings. The number of halogens is 4. The first-order chi connectivity index (χ1) is 18.5. The number of carbonyl (C=O) groups excluding carboxylic acids is 1. The van der Waals surface area contributed by atoms with E-state index in [4.69, 9.17) is 4.74 Å². The van der Waals surface area contributed by atoms with Crippen LogP contribution in [0.2, 0.25) is 0 Å². The number of aromatic nitrogens is 1. The molecule has 39 heavy (non-hydrogen) atoms. The molecule has 1 amide bonds. The normalized spacial score (nSPS) is 11.7. The number of anilines is 1. The van der Waals surface area contributed by atoms with Gasteiger partial charge in [0.25, 0.3) is 5.91 Å². The number of nitriles is 1. The molecule has 4 aromatic rings. The first-order valence-corrected chi connectivity index (χ1v) is 12.6. The minimum atomic E-state index is -4.55. The zero-order valence-electron chi connectivity index (χ0n) is 21.0. The number of alkyl halides is 3. The lowest BCUT2D eigenvalue weighted by Crippen LogP contribution is -2.14. The second kappa shape index (κ2) is 11.6. The van der Waals surface area contributed by atoms with Crippen molar-refractivity contribution in [1.29, 1.82) is 5.26 Å². The van der Waals surface area contributed by atoms with E-state index in [0.29, 0.717) is 17.9 Å². The van der Waals surface area contributed by atoms with Crippen LogP contribution in [0, 0.1) is 25.2 Å². The average molecular weight is 594 g/mol. The summed E-state index contributed by atoms with van der Waals surface area (Å²) in [4.78, 5) is 12.7. The van der Waals surface area contributed by atoms with Gasteiger partial charge < -0.3 is 14.6 Å². The van der Waals surface area contributed by atoms with E-state index in [2.05, 4.69) is 21.2 Å². The van der Waals surface area contributed by atoms with Crippen LogP contribution in [0.15, 0.2) is 88.9 Å². The third-order valence-electron chi connectivity index (χ3n) is 6.00. The van der Waals surface area contributed by atoms with Crippen LogP contribution in [0.4, 0.5) is 18.9 Å². The first kappa shape index (κ1) is 27.7. The fourth-order valence-electron chi connectivity index (χ4n) is 4.05. The molecule has 0 radical (unpaired) electrons. The monoisotopic (exact) mass is 593 g/mol. The Hall–Kier alpha value is -4.29. The van der Waals surface area contributed by atoms with Crippen LogP contribution >= 0.6 is 15.9 Å². The van der Waals surface area contributed by atoms with Gasteiger partial charge >= 0.3 is 6.18 Å². The van der Waals surface area contributed by atoms with E-state index in [9.17, 15) is 23.2 Å². The minimum Gasteiger partial charge on any atom is -0.489 e. The summed E-state index contributed by atoms with van der Waals surface area (Å²) in [5, 5.41) is 12.0. The second-order valence-electron chi connectivity index (χ2n) is 8.77. The quantitative estimate of drug-likeness (QED) is 0.174. The summed E-state index contributed by atoms with van der Waals surface area (Å²) < 4.78 is 47.9. The van der Waals surface area contributed by atoms with Gasteiger partial charge in [-0.3, -0.25) is 4.79 Å². The average Bonchev–Trinajstić information content (AvgIpc) is 3.19. The van der Waals surface area contributed by atoms with Gasteiger partial charge in [0.1, 0.15) is 24.0 Å². The van der Waals surface area contributed by atoms with E-state index in [0.717, 1.165) is 39.2 Å². The fourth-order valence-corrected chi connectivity index (χ4v) is 4.31. The van der Waals surface area contributed by atoms with E-state index >= 15 is 0 Å². The van der Waals surface area contributed by atoms with E-state index < -0.39 is 17.6 Å². The highest BCUT2D eigenvalue weighted by molar-refractivity contribution is 9.10. The van der Waals surface area contributed by atoms with Crippen molar-refractivity contribution >= 4 is 33.6 Å². The number of benzene rings is 3. The highest BCUT2D eigenvalue weighted by atomic mass is 79.9. The first-order valence-electron chi connectivity index (χ1n) is 11.8. The second-order valence-corrected chi connectivity index (χ2v) is 9.69. The molecule has 9 heteroatoms. The van der Waals surface area contributed by atoms with Crippen LogP contribution in [0.1, 0.15) is 28.1 Å². The van der Waals surface area contributed by atoms with Gasteiger partial charge in [0.05, 0.1) is 5.56 Å². The van der Waals surface area contributed by atoms with E-state index in [1.54, 1.807) is 0 Å². The number of hydrogen-bond donors (Lipinski definition) is 1. The Labute approximate surface area is 232 Å². The maximum Gasteiger partial charge on any atom is 0.416 e. The Balaban J connectivity index is 1.51. The molecule has 198 valence electrons. The van der Waals surface area contributed by atoms with Crippen LogP contribution in [0.5, 0.6) is 5.75 Å². The van der Waals surface area contributed by atoms with Gasteiger partial charge in [0.15, 0.2) is 0 Å². The lowest BCUT2D eigenvalue weighted by molar-refractivity contribution is -0.137. The van der Waals surface area contributed by atoms with Gasteiger partial charge in [-0.05, 0) is 91.7 Å². The zero-order valence-corrected chi connectivity index (χ0v) is 22.6. The van der Waals surface area contributed by atoms with Crippen molar-refractivity contribution in [1.82, 2.24) is 4.57 Å². The molecule has 5 nitrogen and oxygen atoms in total. The number of nitrogens with zero attached hydrogens (tertiary/aromatic N) is 2. The zero-order chi connectivity index (χ0) is 28.2. The van der Waals surface area contributed by atoms with E-state index in [1.165, 1.54) is 18.2 Å². The Bertz CT molecular complexity index is 1570. The molecule has 0 spiro atoms. The van der Waals surface area contributed by atoms with Crippen LogP contribution < -0.4 is 10.1 Å². The molecule has 1 aromatic heterocycles. The van der Waals surface area contributed by atoms with E-state index in [1.807, 2.05) is 79.1 Å². The number of carbonyl (C=O) groups is 1. The number of nitrogens with one attached hydrogen (secondary N) is 1. The predicted molar refractivity (Wildman–Crippen MR) is 147 cm³/mol. The van der Waals surface area contributed by atoms with Gasteiger partial charge in [-0.15, -0.1) is 0 Å². The van der Waals surface area contributed by atoms with Crippen molar-refractivity contribution in [2.75, 3.05) is 5.32 Å². The van der Waals surface area contributed by atoms with Crippen molar-refractivity contribution in [3.05, 3.63) is 117 Å². The summed E-state index contributed by atoms with van der Waals surface area (Å²) in [6, 6.07) is 23.4. The van der Waals surface area contributed by atoms with Crippen molar-refractivity contribution in [2.45, 2.75) is 26.6 Å². The van der Waals surface area contributed by atoms with Gasteiger partial charge in [-0.25, -0.2) is 0 Å². The third kappa shape index (κ3) is 6.78. The third-order valence-corrected chi connectivity index (χ3v) is 6.53. The van der Waals surface area contributed by atoms with Crippen molar-refractivity contribution in [3.8, 4) is 17.5 Å². The summed E-state index contributed by atoms with van der Waals surface area (Å²) in [5.41, 5.74) is 3.03. The number of aryl methyl sites for hydroxylation is 1. The summed E-state index contributed by atoms with van der Waals surface area (Å²) in [6.45, 7) is 4.19. The summed E-state index contributed by atoms with van der Waals surface area (Å²) in [6.07, 6.45) is -3.12. The molecule has 0 saturated carbocycles. The van der Waals surface area contributed by atoms with Crippen LogP contribution in [0.3, 0.4) is 0 Å². The largest absolute Gasteiger partial charge is 0.489 e.